The van der Waals surface area contributed by atoms with Crippen molar-refractivity contribution in [3.05, 3.63) is 36.5 Å². The Morgan fingerprint density at radius 3 is 2.38 bits per heavy atom. The number of pyridine rings is 1. The van der Waals surface area contributed by atoms with Crippen LogP contribution in [0.1, 0.15) is 19.8 Å². The summed E-state index contributed by atoms with van der Waals surface area (Å²) < 4.78 is 47.9. The zero-order valence-corrected chi connectivity index (χ0v) is 18.6. The van der Waals surface area contributed by atoms with E-state index in [0.29, 0.717) is 35.3 Å². The standard InChI is InChI=1S/C17H22F3N3O2.C4H4O4.H2O/c1-11(5-3-7-21)23-13-9-14(24-2)16(25-10-17(18,19)20)12-6-4-8-22-15(12)13;5-3(6)1-2-4(7)8;/h4,6,8-9,11,23H,3,5,7,10,21H2,1-2H3;1-2H,(H,5,6)(H,7,8);1H2/b;2-1+;. The average Bonchev–Trinajstić information content (AvgIpc) is 2.75. The second-order valence-corrected chi connectivity index (χ2v) is 6.75. The monoisotopic (exact) mass is 491 g/mol. The molecular weight excluding hydrogens is 463 g/mol. The molecule has 34 heavy (non-hydrogen) atoms. The molecule has 0 saturated carbocycles. The van der Waals surface area contributed by atoms with Gasteiger partial charge in [-0.2, -0.15) is 13.2 Å². The van der Waals surface area contributed by atoms with E-state index in [-0.39, 0.29) is 23.0 Å². The van der Waals surface area contributed by atoms with Crippen LogP contribution < -0.4 is 20.5 Å². The molecule has 13 heteroatoms. The van der Waals surface area contributed by atoms with E-state index in [4.69, 9.17) is 25.4 Å². The van der Waals surface area contributed by atoms with Gasteiger partial charge < -0.3 is 36.2 Å². The van der Waals surface area contributed by atoms with Crippen LogP contribution >= 0.6 is 0 Å². The Balaban J connectivity index is 0.00000104. The smallest absolute Gasteiger partial charge is 0.422 e. The Labute approximate surface area is 193 Å². The highest BCUT2D eigenvalue weighted by atomic mass is 19.4. The lowest BCUT2D eigenvalue weighted by Crippen LogP contribution is -2.20. The Bertz CT molecular complexity index is 953. The van der Waals surface area contributed by atoms with Crippen LogP contribution in [0.15, 0.2) is 36.5 Å². The quantitative estimate of drug-likeness (QED) is 0.364. The van der Waals surface area contributed by atoms with Gasteiger partial charge in [0.25, 0.3) is 0 Å². The van der Waals surface area contributed by atoms with Crippen molar-refractivity contribution < 1.29 is 47.9 Å². The Morgan fingerprint density at radius 1 is 1.26 bits per heavy atom. The van der Waals surface area contributed by atoms with Gasteiger partial charge in [-0.25, -0.2) is 9.59 Å². The van der Waals surface area contributed by atoms with Crippen molar-refractivity contribution >= 4 is 28.5 Å². The summed E-state index contributed by atoms with van der Waals surface area (Å²) in [5.74, 6) is -2.26. The number of carbonyl (C=O) groups is 2. The number of aliphatic carboxylic acids is 2. The van der Waals surface area contributed by atoms with Crippen LogP contribution in [0.4, 0.5) is 18.9 Å². The lowest BCUT2D eigenvalue weighted by Gasteiger charge is -2.20. The number of carboxylic acids is 2. The molecule has 0 aliphatic carbocycles. The SMILES string of the molecule is COc1cc(NC(C)CCCN)c2ncccc2c1OCC(F)(F)F.O.O=C(O)/C=C/C(=O)O. The Kier molecular flexibility index (Phi) is 13.0. The summed E-state index contributed by atoms with van der Waals surface area (Å²) in [6.07, 6.45) is -0.0150. The maximum absolute atomic E-state index is 12.5. The maximum atomic E-state index is 12.5. The number of ether oxygens (including phenoxy) is 2. The van der Waals surface area contributed by atoms with Gasteiger partial charge in [0.1, 0.15) is 0 Å². The summed E-state index contributed by atoms with van der Waals surface area (Å²) in [5.41, 5.74) is 6.73. The van der Waals surface area contributed by atoms with E-state index in [1.807, 2.05) is 6.92 Å². The van der Waals surface area contributed by atoms with Crippen LogP contribution in [-0.4, -0.2) is 65.1 Å². The van der Waals surface area contributed by atoms with Crippen molar-refractivity contribution in [2.75, 3.05) is 25.6 Å². The van der Waals surface area contributed by atoms with E-state index >= 15 is 0 Å². The molecule has 0 aliphatic rings. The fourth-order valence-corrected chi connectivity index (χ4v) is 2.67. The number of carboxylic acid groups (broad SMARTS) is 2. The zero-order valence-electron chi connectivity index (χ0n) is 18.6. The van der Waals surface area contributed by atoms with Crippen molar-refractivity contribution in [1.29, 1.82) is 0 Å². The number of aromatic nitrogens is 1. The first-order chi connectivity index (χ1) is 15.5. The molecule has 0 bridgehead atoms. The topological polar surface area (TPSA) is 175 Å². The first kappa shape index (κ1) is 30.4. The van der Waals surface area contributed by atoms with Crippen molar-refractivity contribution in [3.8, 4) is 11.5 Å². The summed E-state index contributed by atoms with van der Waals surface area (Å²) in [4.78, 5) is 23.4. The molecule has 1 atom stereocenters. The average molecular weight is 491 g/mol. The van der Waals surface area contributed by atoms with Crippen LogP contribution in [0.5, 0.6) is 11.5 Å². The lowest BCUT2D eigenvalue weighted by atomic mass is 10.1. The van der Waals surface area contributed by atoms with E-state index in [1.165, 1.54) is 7.11 Å². The number of methoxy groups -OCH3 is 1. The molecule has 0 spiro atoms. The number of fused-ring (bicyclic) bond motifs is 1. The van der Waals surface area contributed by atoms with Gasteiger partial charge in [0, 0.05) is 35.8 Å². The molecule has 0 radical (unpaired) electrons. The van der Waals surface area contributed by atoms with Gasteiger partial charge >= 0.3 is 18.1 Å². The van der Waals surface area contributed by atoms with Crippen molar-refractivity contribution in [3.63, 3.8) is 0 Å². The van der Waals surface area contributed by atoms with Gasteiger partial charge in [0.05, 0.1) is 18.3 Å². The molecule has 1 aromatic carbocycles. The van der Waals surface area contributed by atoms with Crippen LogP contribution in [0.2, 0.25) is 0 Å². The van der Waals surface area contributed by atoms with Gasteiger partial charge in [-0.15, -0.1) is 0 Å². The minimum atomic E-state index is -4.44. The zero-order chi connectivity index (χ0) is 25.0. The number of alkyl halides is 3. The lowest BCUT2D eigenvalue weighted by molar-refractivity contribution is -0.153. The molecule has 0 amide bonds. The van der Waals surface area contributed by atoms with E-state index < -0.39 is 24.7 Å². The molecule has 2 rings (SSSR count). The summed E-state index contributed by atoms with van der Waals surface area (Å²) in [6.45, 7) is 1.20. The summed E-state index contributed by atoms with van der Waals surface area (Å²) >= 11 is 0. The number of nitrogens with two attached hydrogens (primary N) is 1. The number of rotatable bonds is 10. The fraction of sp³-hybridized carbons (Fsp3) is 0.381. The third kappa shape index (κ3) is 10.8. The largest absolute Gasteiger partial charge is 0.493 e. The van der Waals surface area contributed by atoms with Crippen molar-refractivity contribution in [1.82, 2.24) is 4.98 Å². The molecule has 7 N–H and O–H groups in total. The first-order valence-electron chi connectivity index (χ1n) is 9.74. The van der Waals surface area contributed by atoms with Crippen LogP contribution in [0, 0.1) is 0 Å². The highest BCUT2D eigenvalue weighted by Crippen LogP contribution is 2.40. The molecule has 0 fully saturated rings. The van der Waals surface area contributed by atoms with Crippen LogP contribution in [0.25, 0.3) is 10.9 Å². The van der Waals surface area contributed by atoms with Gasteiger partial charge in [-0.05, 0) is 38.4 Å². The van der Waals surface area contributed by atoms with Gasteiger partial charge in [-0.1, -0.05) is 0 Å². The minimum Gasteiger partial charge on any atom is -0.493 e. The highest BCUT2D eigenvalue weighted by Gasteiger charge is 2.30. The number of hydrogen-bond acceptors (Lipinski definition) is 7. The number of benzene rings is 1. The normalized spacial score (nSPS) is 11.7. The van der Waals surface area contributed by atoms with E-state index in [0.717, 1.165) is 12.8 Å². The number of anilines is 1. The van der Waals surface area contributed by atoms with Crippen LogP contribution in [-0.2, 0) is 9.59 Å². The Hall–Kier alpha value is -3.58. The van der Waals surface area contributed by atoms with Gasteiger partial charge in [-0.3, -0.25) is 4.98 Å². The second-order valence-electron chi connectivity index (χ2n) is 6.75. The molecule has 190 valence electrons. The minimum absolute atomic E-state index is 0. The number of hydrogen-bond donors (Lipinski definition) is 4. The first-order valence-corrected chi connectivity index (χ1v) is 9.74. The molecule has 10 nitrogen and oxygen atoms in total. The predicted octanol–water partition coefficient (Wildman–Crippen LogP) is 2.61. The van der Waals surface area contributed by atoms with Crippen LogP contribution in [0.3, 0.4) is 0 Å². The molecule has 1 unspecified atom stereocenters. The maximum Gasteiger partial charge on any atom is 0.422 e. The Morgan fingerprint density at radius 2 is 1.88 bits per heavy atom. The van der Waals surface area contributed by atoms with E-state index in [2.05, 4.69) is 10.3 Å². The number of nitrogens with one attached hydrogen (secondary N) is 1. The number of nitrogens with zero attached hydrogens (tertiary/aromatic N) is 1. The van der Waals surface area contributed by atoms with Crippen molar-refractivity contribution in [2.45, 2.75) is 32.0 Å². The molecular formula is C21H28F3N3O7. The molecule has 0 aliphatic heterocycles. The molecule has 1 heterocycles. The molecule has 1 aromatic heterocycles. The number of halogens is 3. The fourth-order valence-electron chi connectivity index (χ4n) is 2.67. The molecule has 2 aromatic rings. The van der Waals surface area contributed by atoms with Gasteiger partial charge in [0.2, 0.25) is 0 Å². The predicted molar refractivity (Wildman–Crippen MR) is 119 cm³/mol. The molecule has 0 saturated heterocycles. The second kappa shape index (κ2) is 14.5. The van der Waals surface area contributed by atoms with E-state index in [9.17, 15) is 22.8 Å². The highest BCUT2D eigenvalue weighted by molar-refractivity contribution is 5.97. The third-order valence-electron chi connectivity index (χ3n) is 4.02. The summed E-state index contributed by atoms with van der Waals surface area (Å²) in [5, 5.41) is 19.4. The summed E-state index contributed by atoms with van der Waals surface area (Å²) in [6, 6.07) is 5.04. The van der Waals surface area contributed by atoms with Crippen molar-refractivity contribution in [2.24, 2.45) is 5.73 Å². The van der Waals surface area contributed by atoms with E-state index in [1.54, 1.807) is 24.4 Å². The third-order valence-corrected chi connectivity index (χ3v) is 4.02. The van der Waals surface area contributed by atoms with Gasteiger partial charge in [0.15, 0.2) is 18.1 Å². The summed E-state index contributed by atoms with van der Waals surface area (Å²) in [7, 11) is 1.39.